The molecule has 3 N–H and O–H groups in total. The molecule has 96 valence electrons. The zero-order valence-electron chi connectivity index (χ0n) is 9.74. The Morgan fingerprint density at radius 1 is 1.44 bits per heavy atom. The third-order valence-corrected chi connectivity index (χ3v) is 3.85. The summed E-state index contributed by atoms with van der Waals surface area (Å²) in [5.74, 6) is 0.105. The quantitative estimate of drug-likeness (QED) is 0.803. The molecule has 0 saturated heterocycles. The number of anilines is 1. The van der Waals surface area contributed by atoms with Crippen molar-refractivity contribution in [3.63, 3.8) is 0 Å². The molecule has 18 heavy (non-hydrogen) atoms. The molecule has 2 heterocycles. The van der Waals surface area contributed by atoms with Crippen LogP contribution in [0.15, 0.2) is 35.6 Å². The molecule has 7 nitrogen and oxygen atoms in total. The maximum absolute atomic E-state index is 12.0. The van der Waals surface area contributed by atoms with Crippen molar-refractivity contribution in [2.24, 2.45) is 7.05 Å². The Hall–Kier alpha value is -1.93. The molecule has 0 amide bonds. The van der Waals surface area contributed by atoms with Crippen LogP contribution in [0, 0.1) is 0 Å². The molecular formula is C10H13N5O2S. The van der Waals surface area contributed by atoms with E-state index in [0.29, 0.717) is 0 Å². The van der Waals surface area contributed by atoms with E-state index in [0.717, 1.165) is 5.56 Å². The summed E-state index contributed by atoms with van der Waals surface area (Å²) < 4.78 is 27.7. The van der Waals surface area contributed by atoms with Gasteiger partial charge in [-0.1, -0.05) is 6.07 Å². The molecule has 0 spiro atoms. The summed E-state index contributed by atoms with van der Waals surface area (Å²) in [5, 5.41) is 3.80. The van der Waals surface area contributed by atoms with Crippen molar-refractivity contribution in [1.29, 1.82) is 0 Å². The summed E-state index contributed by atoms with van der Waals surface area (Å²) in [6.45, 7) is 0.157. The van der Waals surface area contributed by atoms with Crippen molar-refractivity contribution in [2.75, 3.05) is 5.73 Å². The summed E-state index contributed by atoms with van der Waals surface area (Å²) >= 11 is 0. The minimum Gasteiger partial charge on any atom is -0.383 e. The van der Waals surface area contributed by atoms with Crippen LogP contribution in [0.25, 0.3) is 0 Å². The Kier molecular flexibility index (Phi) is 3.30. The maximum Gasteiger partial charge on any atom is 0.246 e. The Morgan fingerprint density at radius 3 is 2.78 bits per heavy atom. The van der Waals surface area contributed by atoms with Crippen LogP contribution in [0.1, 0.15) is 5.56 Å². The van der Waals surface area contributed by atoms with E-state index in [9.17, 15) is 8.42 Å². The largest absolute Gasteiger partial charge is 0.383 e. The van der Waals surface area contributed by atoms with Gasteiger partial charge in [-0.15, -0.1) is 0 Å². The molecule has 2 rings (SSSR count). The standard InChI is InChI=1S/C10H13N5O2S/c1-15-10(11)9(7-13-15)18(16,17)14-6-8-3-2-4-12-5-8/h2-5,7,14H,6,11H2,1H3. The highest BCUT2D eigenvalue weighted by molar-refractivity contribution is 7.89. The van der Waals surface area contributed by atoms with E-state index in [1.54, 1.807) is 31.6 Å². The fraction of sp³-hybridized carbons (Fsp3) is 0.200. The van der Waals surface area contributed by atoms with Gasteiger partial charge in [0.15, 0.2) is 0 Å². The lowest BCUT2D eigenvalue weighted by Crippen LogP contribution is -2.24. The number of nitrogens with two attached hydrogens (primary N) is 1. The van der Waals surface area contributed by atoms with E-state index in [4.69, 9.17) is 5.73 Å². The van der Waals surface area contributed by atoms with Gasteiger partial charge in [0, 0.05) is 26.0 Å². The third kappa shape index (κ3) is 2.49. The number of rotatable bonds is 4. The minimum absolute atomic E-state index is 0.0195. The van der Waals surface area contributed by atoms with Gasteiger partial charge in [0.1, 0.15) is 10.7 Å². The SMILES string of the molecule is Cn1ncc(S(=O)(=O)NCc2cccnc2)c1N. The van der Waals surface area contributed by atoms with Gasteiger partial charge in [-0.05, 0) is 11.6 Å². The second-order valence-electron chi connectivity index (χ2n) is 3.70. The van der Waals surface area contributed by atoms with Gasteiger partial charge >= 0.3 is 0 Å². The van der Waals surface area contributed by atoms with Gasteiger partial charge in [0.05, 0.1) is 6.20 Å². The number of hydrogen-bond acceptors (Lipinski definition) is 5. The van der Waals surface area contributed by atoms with Crippen LogP contribution in [0.2, 0.25) is 0 Å². The molecule has 0 radical (unpaired) electrons. The summed E-state index contributed by atoms with van der Waals surface area (Å²) in [5.41, 5.74) is 6.39. The van der Waals surface area contributed by atoms with Crippen molar-refractivity contribution >= 4 is 15.8 Å². The normalized spacial score (nSPS) is 11.6. The fourth-order valence-electron chi connectivity index (χ4n) is 1.39. The van der Waals surface area contributed by atoms with Crippen LogP contribution in [-0.4, -0.2) is 23.2 Å². The lowest BCUT2D eigenvalue weighted by Gasteiger charge is -2.05. The second kappa shape index (κ2) is 4.75. The number of pyridine rings is 1. The lowest BCUT2D eigenvalue weighted by molar-refractivity contribution is 0.581. The second-order valence-corrected chi connectivity index (χ2v) is 5.44. The van der Waals surface area contributed by atoms with Gasteiger partial charge < -0.3 is 5.73 Å². The number of aromatic nitrogens is 3. The van der Waals surface area contributed by atoms with Crippen LogP contribution in [0.4, 0.5) is 5.82 Å². The average molecular weight is 267 g/mol. The Labute approximate surface area is 105 Å². The number of aryl methyl sites for hydroxylation is 1. The van der Waals surface area contributed by atoms with Crippen molar-refractivity contribution in [2.45, 2.75) is 11.4 Å². The van der Waals surface area contributed by atoms with Gasteiger partial charge in [0.25, 0.3) is 0 Å². The van der Waals surface area contributed by atoms with Crippen molar-refractivity contribution < 1.29 is 8.42 Å². The number of sulfonamides is 1. The monoisotopic (exact) mass is 267 g/mol. The highest BCUT2D eigenvalue weighted by atomic mass is 32.2. The van der Waals surface area contributed by atoms with Crippen LogP contribution < -0.4 is 10.5 Å². The third-order valence-electron chi connectivity index (χ3n) is 2.43. The Balaban J connectivity index is 2.16. The van der Waals surface area contributed by atoms with Crippen LogP contribution in [0.5, 0.6) is 0 Å². The number of nitrogens with zero attached hydrogens (tertiary/aromatic N) is 3. The Bertz CT molecular complexity index is 636. The molecule has 0 fully saturated rings. The molecule has 0 saturated carbocycles. The van der Waals surface area contributed by atoms with Gasteiger partial charge in [-0.2, -0.15) is 5.10 Å². The van der Waals surface area contributed by atoms with Gasteiger partial charge in [-0.3, -0.25) is 9.67 Å². The number of hydrogen-bond donors (Lipinski definition) is 2. The van der Waals surface area contributed by atoms with E-state index in [-0.39, 0.29) is 17.3 Å². The first-order valence-electron chi connectivity index (χ1n) is 5.17. The van der Waals surface area contributed by atoms with E-state index < -0.39 is 10.0 Å². The van der Waals surface area contributed by atoms with Gasteiger partial charge in [-0.25, -0.2) is 13.1 Å². The molecule has 2 aromatic rings. The average Bonchev–Trinajstić information content (AvgIpc) is 2.70. The molecule has 2 aromatic heterocycles. The molecule has 0 aromatic carbocycles. The van der Waals surface area contributed by atoms with E-state index in [1.807, 2.05) is 0 Å². The van der Waals surface area contributed by atoms with Crippen molar-refractivity contribution in [3.8, 4) is 0 Å². The maximum atomic E-state index is 12.0. The molecule has 0 aliphatic rings. The van der Waals surface area contributed by atoms with Crippen LogP contribution in [-0.2, 0) is 23.6 Å². The molecule has 8 heteroatoms. The predicted molar refractivity (Wildman–Crippen MR) is 65.9 cm³/mol. The van der Waals surface area contributed by atoms with Crippen molar-refractivity contribution in [3.05, 3.63) is 36.3 Å². The topological polar surface area (TPSA) is 103 Å². The highest BCUT2D eigenvalue weighted by Crippen LogP contribution is 2.16. The summed E-state index contributed by atoms with van der Waals surface area (Å²) in [6.07, 6.45) is 4.44. The van der Waals surface area contributed by atoms with E-state index >= 15 is 0 Å². The van der Waals surface area contributed by atoms with Crippen molar-refractivity contribution in [1.82, 2.24) is 19.5 Å². The number of nitrogens with one attached hydrogen (secondary N) is 1. The lowest BCUT2D eigenvalue weighted by atomic mass is 10.3. The fourth-order valence-corrected chi connectivity index (χ4v) is 2.50. The summed E-state index contributed by atoms with van der Waals surface area (Å²) in [6, 6.07) is 3.52. The van der Waals surface area contributed by atoms with E-state index in [1.165, 1.54) is 10.9 Å². The first-order chi connectivity index (χ1) is 8.50. The molecule has 0 aliphatic heterocycles. The minimum atomic E-state index is -3.65. The van der Waals surface area contributed by atoms with Crippen LogP contribution >= 0.6 is 0 Å². The Morgan fingerprint density at radius 2 is 2.22 bits per heavy atom. The zero-order valence-corrected chi connectivity index (χ0v) is 10.6. The molecule has 0 aliphatic carbocycles. The first-order valence-corrected chi connectivity index (χ1v) is 6.65. The predicted octanol–water partition coefficient (Wildman–Crippen LogP) is -0.124. The smallest absolute Gasteiger partial charge is 0.246 e. The summed E-state index contributed by atoms with van der Waals surface area (Å²) in [7, 11) is -2.08. The molecule has 0 unspecified atom stereocenters. The number of nitrogen functional groups attached to an aromatic ring is 1. The molecule has 0 bridgehead atoms. The highest BCUT2D eigenvalue weighted by Gasteiger charge is 2.20. The van der Waals surface area contributed by atoms with Gasteiger partial charge in [0.2, 0.25) is 10.0 Å². The van der Waals surface area contributed by atoms with E-state index in [2.05, 4.69) is 14.8 Å². The molecule has 0 atom stereocenters. The molecular weight excluding hydrogens is 254 g/mol. The zero-order chi connectivity index (χ0) is 13.2. The first kappa shape index (κ1) is 12.5. The summed E-state index contributed by atoms with van der Waals surface area (Å²) in [4.78, 5) is 3.88. The van der Waals surface area contributed by atoms with Crippen LogP contribution in [0.3, 0.4) is 0 Å².